The zero-order valence-electron chi connectivity index (χ0n) is 42.1. The highest BCUT2D eigenvalue weighted by atomic mass is 79.9. The maximum Gasteiger partial charge on any atom is 0.417 e. The quantitative estimate of drug-likeness (QED) is 0.106. The lowest BCUT2D eigenvalue weighted by atomic mass is 9.64. The highest BCUT2D eigenvalue weighted by molar-refractivity contribution is 9.10. The third-order valence-corrected chi connectivity index (χ3v) is 13.1. The van der Waals surface area contributed by atoms with E-state index in [1.54, 1.807) is 41.5 Å². The van der Waals surface area contributed by atoms with Crippen molar-refractivity contribution in [2.75, 3.05) is 32.2 Å². The van der Waals surface area contributed by atoms with Gasteiger partial charge in [0.25, 0.3) is 0 Å². The van der Waals surface area contributed by atoms with Gasteiger partial charge in [0.2, 0.25) is 5.88 Å². The van der Waals surface area contributed by atoms with E-state index in [1.807, 2.05) is 6.07 Å². The highest BCUT2D eigenvalue weighted by Gasteiger charge is 2.53. The number of ether oxygens (including phenoxy) is 4. The van der Waals surface area contributed by atoms with E-state index in [-0.39, 0.29) is 95.7 Å². The van der Waals surface area contributed by atoms with Crippen LogP contribution < -0.4 is 19.1 Å². The van der Waals surface area contributed by atoms with Crippen molar-refractivity contribution in [3.05, 3.63) is 130 Å². The second kappa shape index (κ2) is 22.2. The molecule has 22 heteroatoms. The van der Waals surface area contributed by atoms with Gasteiger partial charge >= 0.3 is 12.2 Å². The van der Waals surface area contributed by atoms with Crippen LogP contribution in [-0.2, 0) is 15.6 Å². The molecule has 0 radical (unpaired) electrons. The van der Waals surface area contributed by atoms with Crippen LogP contribution in [0.1, 0.15) is 84.2 Å². The molecule has 394 valence electrons. The Morgan fingerprint density at radius 1 is 0.693 bits per heavy atom. The van der Waals surface area contributed by atoms with Gasteiger partial charge in [-0.15, -0.1) is 20.4 Å². The summed E-state index contributed by atoms with van der Waals surface area (Å²) in [7, 11) is 2.75. The predicted octanol–water partition coefficient (Wildman–Crippen LogP) is 11.8. The van der Waals surface area contributed by atoms with Crippen LogP contribution in [0.5, 0.6) is 17.4 Å². The largest absolute Gasteiger partial charge is 0.495 e. The fourth-order valence-electron chi connectivity index (χ4n) is 8.82. The van der Waals surface area contributed by atoms with Crippen LogP contribution in [0.2, 0.25) is 0 Å². The molecule has 0 bridgehead atoms. The molecule has 15 nitrogen and oxygen atoms in total. The first kappa shape index (κ1) is 55.3. The molecule has 2 amide bonds. The molecule has 0 unspecified atom stereocenters. The summed E-state index contributed by atoms with van der Waals surface area (Å²) in [6, 6.07) is 18.2. The lowest BCUT2D eigenvalue weighted by molar-refractivity contribution is 0.0247. The zero-order chi connectivity index (χ0) is 54.6. The van der Waals surface area contributed by atoms with Gasteiger partial charge in [0.05, 0.1) is 47.0 Å². The van der Waals surface area contributed by atoms with Gasteiger partial charge < -0.3 is 23.8 Å². The van der Waals surface area contributed by atoms with Crippen molar-refractivity contribution < 1.29 is 54.9 Å². The minimum absolute atomic E-state index is 0.0170. The van der Waals surface area contributed by atoms with E-state index < -0.39 is 69.8 Å². The Kier molecular flexibility index (Phi) is 16.4. The fraction of sp³-hybridized carbons (Fsp3) is 0.377. The molecule has 2 aliphatic carbocycles. The minimum Gasteiger partial charge on any atom is -0.495 e. The van der Waals surface area contributed by atoms with Gasteiger partial charge in [0.15, 0.2) is 5.82 Å². The molecule has 75 heavy (non-hydrogen) atoms. The summed E-state index contributed by atoms with van der Waals surface area (Å²) in [4.78, 5) is 37.4. The number of anilines is 1. The molecule has 8 rings (SSSR count). The van der Waals surface area contributed by atoms with E-state index in [0.29, 0.717) is 10.2 Å². The highest BCUT2D eigenvalue weighted by Crippen LogP contribution is 2.48. The average molecular weight is 1100 g/mol. The summed E-state index contributed by atoms with van der Waals surface area (Å²) in [5, 5.41) is 25.4. The number of benzene rings is 2. The molecule has 0 N–H and O–H groups in total. The normalized spacial score (nSPS) is 19.0. The van der Waals surface area contributed by atoms with Crippen LogP contribution >= 0.6 is 15.9 Å². The molecular formula is C53H52BrF6N9O6. The lowest BCUT2D eigenvalue weighted by Crippen LogP contribution is -2.58. The molecule has 2 saturated carbocycles. The number of hydrogen-bond acceptors (Lipinski definition) is 13. The molecule has 0 saturated heterocycles. The first-order valence-electron chi connectivity index (χ1n) is 23.4. The van der Waals surface area contributed by atoms with Crippen molar-refractivity contribution in [3.8, 4) is 46.0 Å². The number of carbonyl (C=O) groups excluding carboxylic acids is 2. The van der Waals surface area contributed by atoms with Crippen molar-refractivity contribution in [1.29, 1.82) is 5.26 Å². The van der Waals surface area contributed by atoms with Crippen LogP contribution in [0.15, 0.2) is 89.7 Å². The molecule has 0 aliphatic heterocycles. The van der Waals surface area contributed by atoms with Crippen LogP contribution in [0, 0.1) is 34.6 Å². The summed E-state index contributed by atoms with van der Waals surface area (Å²) >= 11 is 3.33. The van der Waals surface area contributed by atoms with Gasteiger partial charge in [-0.1, -0.05) is 0 Å². The standard InChI is InChI=1S/C27H26F3N5O3.C26H26BrF3N4O3/c1-26(2,3)35(15-27(12-17(28)13-27)24-19(29)6-5-9-32-24)25(36)38-23-8-7-21(33-34-23)18-10-16(14-31)22(37-4)11-20(18)30;1-25(2,3)37-24(35)34(14-26(12-15(28)13-26)23-18(29)6-5-9-31-23)22-8-7-20(32-33-22)16-10-17(27)21(36-4)11-19(16)30/h5-11,17H,12-13,15H2,1-4H3;5-11,15H,12-14H2,1-4H3. The number of nitrogens with zero attached hydrogens (tertiary/aromatic N) is 9. The molecule has 4 heterocycles. The predicted molar refractivity (Wildman–Crippen MR) is 266 cm³/mol. The van der Waals surface area contributed by atoms with Crippen molar-refractivity contribution >= 4 is 33.9 Å². The Morgan fingerprint density at radius 2 is 1.21 bits per heavy atom. The second-order valence-corrected chi connectivity index (χ2v) is 20.9. The van der Waals surface area contributed by atoms with Gasteiger partial charge in [-0.25, -0.2) is 35.9 Å². The SMILES string of the molecule is COc1cc(F)c(-c2ccc(N(CC3(c4ncccc4F)CC(F)C3)C(=O)OC(C)(C)C)nn2)cc1Br.COc1cc(F)c(-c2ccc(OC(=O)N(CC3(c4ncccc4F)CC(F)C3)C(C)(C)C)nn2)cc1C#N. The number of alkyl halides is 2. The number of rotatable bonds is 12. The van der Waals surface area contributed by atoms with E-state index in [2.05, 4.69) is 46.3 Å². The third kappa shape index (κ3) is 12.4. The van der Waals surface area contributed by atoms with Gasteiger partial charge in [0, 0.05) is 71.2 Å². The number of halogens is 7. The molecule has 6 aromatic rings. The number of amides is 2. The number of aromatic nitrogens is 6. The first-order valence-corrected chi connectivity index (χ1v) is 24.2. The number of hydrogen-bond donors (Lipinski definition) is 0. The second-order valence-electron chi connectivity index (χ2n) is 20.1. The third-order valence-electron chi connectivity index (χ3n) is 12.5. The topological polar surface area (TPSA) is 179 Å². The van der Waals surface area contributed by atoms with E-state index in [9.17, 15) is 41.2 Å². The van der Waals surface area contributed by atoms with Crippen LogP contribution in [0.3, 0.4) is 0 Å². The monoisotopic (exact) mass is 1100 g/mol. The summed E-state index contributed by atoms with van der Waals surface area (Å²) < 4.78 is 108. The molecule has 2 fully saturated rings. The van der Waals surface area contributed by atoms with Gasteiger partial charge in [-0.2, -0.15) is 5.26 Å². The molecule has 2 aromatic carbocycles. The Labute approximate surface area is 437 Å². The molecule has 0 spiro atoms. The van der Waals surface area contributed by atoms with Gasteiger partial charge in [0.1, 0.15) is 58.8 Å². The molecular weight excluding hydrogens is 1050 g/mol. The van der Waals surface area contributed by atoms with E-state index in [1.165, 1.54) is 103 Å². The zero-order valence-corrected chi connectivity index (χ0v) is 43.7. The fourth-order valence-corrected chi connectivity index (χ4v) is 9.33. The minimum atomic E-state index is -1.16. The van der Waals surface area contributed by atoms with Crippen LogP contribution in [0.4, 0.5) is 41.7 Å². The molecule has 4 aromatic heterocycles. The van der Waals surface area contributed by atoms with Crippen molar-refractivity contribution in [2.24, 2.45) is 0 Å². The van der Waals surface area contributed by atoms with Crippen molar-refractivity contribution in [2.45, 2.75) is 102 Å². The van der Waals surface area contributed by atoms with Crippen molar-refractivity contribution in [3.63, 3.8) is 0 Å². The molecule has 2 aliphatic rings. The Bertz CT molecular complexity index is 3090. The van der Waals surface area contributed by atoms with Crippen molar-refractivity contribution in [1.82, 2.24) is 35.3 Å². The maximum atomic E-state index is 14.7. The number of methoxy groups -OCH3 is 2. The Hall–Kier alpha value is -7.41. The first-order chi connectivity index (χ1) is 35.4. The van der Waals surface area contributed by atoms with Crippen LogP contribution in [-0.4, -0.2) is 98.2 Å². The van der Waals surface area contributed by atoms with Gasteiger partial charge in [-0.3, -0.25) is 14.9 Å². The summed E-state index contributed by atoms with van der Waals surface area (Å²) in [6.07, 6.45) is -0.965. The average Bonchev–Trinajstić information content (AvgIpc) is 3.34. The van der Waals surface area contributed by atoms with Gasteiger partial charge in [-0.05, 0) is 138 Å². The smallest absolute Gasteiger partial charge is 0.417 e. The Balaban J connectivity index is 0.000000219. The number of carbonyl (C=O) groups is 2. The van der Waals surface area contributed by atoms with Crippen LogP contribution in [0.25, 0.3) is 22.5 Å². The van der Waals surface area contributed by atoms with E-state index >= 15 is 0 Å². The maximum absolute atomic E-state index is 14.7. The number of pyridine rings is 2. The molecule has 0 atom stereocenters. The van der Waals surface area contributed by atoms with E-state index in [0.717, 1.165) is 6.07 Å². The van der Waals surface area contributed by atoms with E-state index in [4.69, 9.17) is 18.9 Å². The number of nitriles is 1. The lowest BCUT2D eigenvalue weighted by Gasteiger charge is -2.48. The summed E-state index contributed by atoms with van der Waals surface area (Å²) in [5.74, 6) is -2.05. The summed E-state index contributed by atoms with van der Waals surface area (Å²) in [6.45, 7) is 10.3. The Morgan fingerprint density at radius 3 is 1.67 bits per heavy atom. The summed E-state index contributed by atoms with van der Waals surface area (Å²) in [5.41, 5.74) is -2.87.